The summed E-state index contributed by atoms with van der Waals surface area (Å²) in [6, 6.07) is 0. The largest absolute Gasteiger partial charge is 0.448 e. The third kappa shape index (κ3) is 6.04. The molecular weight excluding hydrogens is 268 g/mol. The number of ether oxygens (including phenoxy) is 2. The van der Waals surface area contributed by atoms with Crippen LogP contribution in [-0.2, 0) is 9.47 Å². The number of rotatable bonds is 3. The number of nitrogens with zero attached hydrogens (tertiary/aromatic N) is 2. The van der Waals surface area contributed by atoms with Crippen LogP contribution in [0, 0.1) is 11.8 Å². The van der Waals surface area contributed by atoms with Gasteiger partial charge in [0.25, 0.3) is 0 Å². The molecule has 1 aliphatic heterocycles. The fraction of sp³-hybridized carbons (Fsp3) is 0.875. The molecule has 0 aromatic carbocycles. The first-order valence-corrected chi connectivity index (χ1v) is 8.25. The summed E-state index contributed by atoms with van der Waals surface area (Å²) in [6.45, 7) is 11.6. The third-order valence-corrected chi connectivity index (χ3v) is 3.72. The van der Waals surface area contributed by atoms with E-state index in [4.69, 9.17) is 9.47 Å². The van der Waals surface area contributed by atoms with Crippen LogP contribution < -0.4 is 0 Å². The topological polar surface area (TPSA) is 51.1 Å². The lowest BCUT2D eigenvalue weighted by molar-refractivity contribution is 0.0657. The van der Waals surface area contributed by atoms with Gasteiger partial charge in [0.2, 0.25) is 0 Å². The van der Waals surface area contributed by atoms with Gasteiger partial charge in [-0.15, -0.1) is 0 Å². The van der Waals surface area contributed by atoms with E-state index in [0.29, 0.717) is 25.7 Å². The van der Waals surface area contributed by atoms with E-state index in [-0.39, 0.29) is 5.92 Å². The number of hydrogen-bond acceptors (Lipinski definition) is 3. The van der Waals surface area contributed by atoms with Crippen molar-refractivity contribution >= 4 is 11.9 Å². The maximum absolute atomic E-state index is 11.8. The fourth-order valence-electron chi connectivity index (χ4n) is 2.33. The van der Waals surface area contributed by atoms with Crippen LogP contribution in [0.25, 0.3) is 0 Å². The standard InChI is InChI=1S/C14H24N2O3.C2H6/c1-11(2)13(16-6-8-18-9-7-16)15-14(17)19-10-12-4-3-5-12;1-2/h11-12H,3-10H2,1-2H3;1-2H3/b15-13-;. The molecule has 5 heteroatoms. The molecule has 0 atom stereocenters. The van der Waals surface area contributed by atoms with Crippen molar-refractivity contribution in [3.05, 3.63) is 0 Å². The quantitative estimate of drug-likeness (QED) is 0.592. The minimum atomic E-state index is -0.443. The summed E-state index contributed by atoms with van der Waals surface area (Å²) in [4.78, 5) is 18.1. The van der Waals surface area contributed by atoms with Crippen LogP contribution in [0.2, 0.25) is 0 Å². The van der Waals surface area contributed by atoms with Gasteiger partial charge in [-0.25, -0.2) is 4.79 Å². The van der Waals surface area contributed by atoms with E-state index in [1.807, 2.05) is 27.7 Å². The van der Waals surface area contributed by atoms with Gasteiger partial charge in [-0.1, -0.05) is 34.1 Å². The Balaban J connectivity index is 0.00000106. The van der Waals surface area contributed by atoms with Crippen LogP contribution in [0.4, 0.5) is 4.79 Å². The summed E-state index contributed by atoms with van der Waals surface area (Å²) >= 11 is 0. The van der Waals surface area contributed by atoms with Gasteiger partial charge in [-0.05, 0) is 18.8 Å². The minimum absolute atomic E-state index is 0.217. The van der Waals surface area contributed by atoms with Crippen LogP contribution in [0.5, 0.6) is 0 Å². The van der Waals surface area contributed by atoms with Crippen LogP contribution >= 0.6 is 0 Å². The van der Waals surface area contributed by atoms with E-state index in [1.165, 1.54) is 19.3 Å². The van der Waals surface area contributed by atoms with Gasteiger partial charge in [0.15, 0.2) is 0 Å². The van der Waals surface area contributed by atoms with Crippen LogP contribution in [0.15, 0.2) is 4.99 Å². The first-order valence-electron chi connectivity index (χ1n) is 8.25. The molecule has 0 radical (unpaired) electrons. The average Bonchev–Trinajstić information content (AvgIpc) is 2.46. The van der Waals surface area contributed by atoms with Crippen molar-refractivity contribution in [3.8, 4) is 0 Å². The third-order valence-electron chi connectivity index (χ3n) is 3.72. The smallest absolute Gasteiger partial charge is 0.435 e. The van der Waals surface area contributed by atoms with Crippen molar-refractivity contribution in [2.24, 2.45) is 16.8 Å². The molecule has 2 rings (SSSR count). The van der Waals surface area contributed by atoms with Crippen LogP contribution in [0.1, 0.15) is 47.0 Å². The number of amidine groups is 1. The SMILES string of the molecule is CC.CC(C)/C(=N/C(=O)OCC1CCC1)N1CCOCC1. The monoisotopic (exact) mass is 298 g/mol. The summed E-state index contributed by atoms with van der Waals surface area (Å²) in [5, 5.41) is 0. The lowest BCUT2D eigenvalue weighted by atomic mass is 9.86. The first kappa shape index (κ1) is 18.0. The molecule has 0 unspecified atom stereocenters. The van der Waals surface area contributed by atoms with E-state index in [9.17, 15) is 4.79 Å². The highest BCUT2D eigenvalue weighted by Gasteiger charge is 2.21. The zero-order valence-corrected chi connectivity index (χ0v) is 13.9. The molecule has 5 nitrogen and oxygen atoms in total. The predicted molar refractivity (Wildman–Crippen MR) is 84.7 cm³/mol. The molecule has 0 bridgehead atoms. The van der Waals surface area contributed by atoms with Crippen LogP contribution in [-0.4, -0.2) is 49.7 Å². The Labute approximate surface area is 128 Å². The van der Waals surface area contributed by atoms with Crippen LogP contribution in [0.3, 0.4) is 0 Å². The summed E-state index contributed by atoms with van der Waals surface area (Å²) < 4.78 is 10.6. The van der Waals surface area contributed by atoms with Gasteiger partial charge < -0.3 is 14.4 Å². The molecule has 0 aromatic rings. The molecule has 1 saturated heterocycles. The zero-order valence-electron chi connectivity index (χ0n) is 13.9. The van der Waals surface area contributed by atoms with Crippen molar-refractivity contribution in [2.75, 3.05) is 32.9 Å². The Hall–Kier alpha value is -1.10. The highest BCUT2D eigenvalue weighted by Crippen LogP contribution is 2.26. The maximum atomic E-state index is 11.8. The summed E-state index contributed by atoms with van der Waals surface area (Å²) in [7, 11) is 0. The number of amides is 1. The van der Waals surface area contributed by atoms with E-state index in [1.54, 1.807) is 0 Å². The Morgan fingerprint density at radius 1 is 1.29 bits per heavy atom. The lowest BCUT2D eigenvalue weighted by Crippen LogP contribution is -2.43. The second-order valence-electron chi connectivity index (χ2n) is 5.60. The Kier molecular flexibility index (Phi) is 8.35. The van der Waals surface area contributed by atoms with Crippen molar-refractivity contribution in [1.29, 1.82) is 0 Å². The van der Waals surface area contributed by atoms with Crippen molar-refractivity contribution < 1.29 is 14.3 Å². The summed E-state index contributed by atoms with van der Waals surface area (Å²) in [5.41, 5.74) is 0. The molecule has 2 fully saturated rings. The van der Waals surface area contributed by atoms with E-state index in [0.717, 1.165) is 18.9 Å². The molecule has 1 heterocycles. The number of carbonyl (C=O) groups is 1. The predicted octanol–water partition coefficient (Wildman–Crippen LogP) is 3.34. The zero-order chi connectivity index (χ0) is 15.7. The fourth-order valence-corrected chi connectivity index (χ4v) is 2.33. The van der Waals surface area contributed by atoms with E-state index >= 15 is 0 Å². The van der Waals surface area contributed by atoms with Gasteiger partial charge >= 0.3 is 6.09 Å². The Morgan fingerprint density at radius 2 is 1.90 bits per heavy atom. The molecule has 0 aromatic heterocycles. The summed E-state index contributed by atoms with van der Waals surface area (Å²) in [6.07, 6.45) is 3.17. The highest BCUT2D eigenvalue weighted by atomic mass is 16.5. The molecule has 21 heavy (non-hydrogen) atoms. The molecule has 2 aliphatic rings. The highest BCUT2D eigenvalue weighted by molar-refractivity contribution is 5.93. The van der Waals surface area contributed by atoms with E-state index in [2.05, 4.69) is 9.89 Å². The molecule has 0 spiro atoms. The van der Waals surface area contributed by atoms with Gasteiger partial charge in [0.05, 0.1) is 19.8 Å². The molecular formula is C16H30N2O3. The number of morpholine rings is 1. The molecule has 0 N–H and O–H groups in total. The van der Waals surface area contributed by atoms with Gasteiger partial charge in [0, 0.05) is 19.0 Å². The number of aliphatic imine (C=N–C) groups is 1. The molecule has 1 amide bonds. The van der Waals surface area contributed by atoms with E-state index < -0.39 is 6.09 Å². The first-order chi connectivity index (χ1) is 10.2. The van der Waals surface area contributed by atoms with Crippen molar-refractivity contribution in [3.63, 3.8) is 0 Å². The number of hydrogen-bond donors (Lipinski definition) is 0. The van der Waals surface area contributed by atoms with Gasteiger partial charge in [0.1, 0.15) is 5.84 Å². The average molecular weight is 298 g/mol. The van der Waals surface area contributed by atoms with Crippen molar-refractivity contribution in [1.82, 2.24) is 4.90 Å². The lowest BCUT2D eigenvalue weighted by Gasteiger charge is -2.31. The van der Waals surface area contributed by atoms with Gasteiger partial charge in [-0.2, -0.15) is 4.99 Å². The maximum Gasteiger partial charge on any atom is 0.435 e. The minimum Gasteiger partial charge on any atom is -0.448 e. The number of carbonyl (C=O) groups excluding carboxylic acids is 1. The molecule has 1 aliphatic carbocycles. The van der Waals surface area contributed by atoms with Crippen molar-refractivity contribution in [2.45, 2.75) is 47.0 Å². The Bertz CT molecular complexity index is 332. The molecule has 122 valence electrons. The Morgan fingerprint density at radius 3 is 2.38 bits per heavy atom. The second kappa shape index (κ2) is 9.77. The van der Waals surface area contributed by atoms with Gasteiger partial charge in [-0.3, -0.25) is 0 Å². The molecule has 1 saturated carbocycles. The second-order valence-corrected chi connectivity index (χ2v) is 5.60. The summed E-state index contributed by atoms with van der Waals surface area (Å²) in [5.74, 6) is 1.60. The normalized spacial score (nSPS) is 19.7.